The smallest absolute Gasteiger partial charge is 0.340 e. The van der Waals surface area contributed by atoms with E-state index in [4.69, 9.17) is 14.2 Å². The number of amides is 1. The monoisotopic (exact) mass is 361 g/mol. The third-order valence-corrected chi connectivity index (χ3v) is 3.48. The molecule has 0 radical (unpaired) electrons. The van der Waals surface area contributed by atoms with Crippen molar-refractivity contribution in [1.82, 2.24) is 5.32 Å². The van der Waals surface area contributed by atoms with Crippen LogP contribution in [0.4, 0.5) is 5.69 Å². The predicted octanol–water partition coefficient (Wildman–Crippen LogP) is 2.23. The molecule has 1 aromatic carbocycles. The van der Waals surface area contributed by atoms with E-state index in [2.05, 4.69) is 10.6 Å². The Kier molecular flexibility index (Phi) is 8.50. The lowest BCUT2D eigenvalue weighted by Crippen LogP contribution is -2.26. The van der Waals surface area contributed by atoms with Gasteiger partial charge in [-0.2, -0.15) is 5.26 Å². The fraction of sp³-hybridized carbons (Fsp3) is 0.389. The first-order valence-electron chi connectivity index (χ1n) is 8.01. The SMILES string of the molecule is CCCCNC(=O)/C(C#N)=C/Nc1cc(OC)c(OC)cc1C(=O)OC. The van der Waals surface area contributed by atoms with E-state index in [1.165, 1.54) is 39.7 Å². The molecule has 1 rings (SSSR count). The fourth-order valence-electron chi connectivity index (χ4n) is 2.05. The number of nitrogens with one attached hydrogen (secondary N) is 2. The second kappa shape index (κ2) is 10.6. The predicted molar refractivity (Wildman–Crippen MR) is 96.1 cm³/mol. The minimum atomic E-state index is -0.604. The Morgan fingerprint density at radius 3 is 2.38 bits per heavy atom. The number of rotatable bonds is 9. The first-order valence-corrected chi connectivity index (χ1v) is 8.01. The van der Waals surface area contributed by atoms with Crippen molar-refractivity contribution >= 4 is 17.6 Å². The second-order valence-corrected chi connectivity index (χ2v) is 5.17. The van der Waals surface area contributed by atoms with Crippen molar-refractivity contribution in [2.75, 3.05) is 33.2 Å². The van der Waals surface area contributed by atoms with Gasteiger partial charge < -0.3 is 24.8 Å². The number of methoxy groups -OCH3 is 3. The highest BCUT2D eigenvalue weighted by atomic mass is 16.5. The van der Waals surface area contributed by atoms with Crippen LogP contribution in [-0.4, -0.2) is 39.8 Å². The molecule has 0 fully saturated rings. The number of unbranched alkanes of at least 4 members (excludes halogenated alkanes) is 1. The van der Waals surface area contributed by atoms with Gasteiger partial charge in [0.15, 0.2) is 11.5 Å². The van der Waals surface area contributed by atoms with Crippen LogP contribution in [0.15, 0.2) is 23.9 Å². The van der Waals surface area contributed by atoms with E-state index in [0.717, 1.165) is 12.8 Å². The quantitative estimate of drug-likeness (QED) is 0.300. The zero-order valence-electron chi connectivity index (χ0n) is 15.3. The summed E-state index contributed by atoms with van der Waals surface area (Å²) in [5.41, 5.74) is 0.361. The number of nitrogens with zero attached hydrogens (tertiary/aromatic N) is 1. The molecule has 0 atom stereocenters. The zero-order chi connectivity index (χ0) is 19.5. The van der Waals surface area contributed by atoms with Crippen LogP contribution in [0.25, 0.3) is 0 Å². The van der Waals surface area contributed by atoms with E-state index >= 15 is 0 Å². The van der Waals surface area contributed by atoms with Crippen molar-refractivity contribution in [3.8, 4) is 17.6 Å². The number of ether oxygens (including phenoxy) is 3. The molecule has 0 aliphatic heterocycles. The van der Waals surface area contributed by atoms with Crippen LogP contribution in [-0.2, 0) is 9.53 Å². The van der Waals surface area contributed by atoms with E-state index in [1.807, 2.05) is 13.0 Å². The van der Waals surface area contributed by atoms with E-state index in [1.54, 1.807) is 0 Å². The number of hydrogen-bond acceptors (Lipinski definition) is 7. The van der Waals surface area contributed by atoms with Gasteiger partial charge in [-0.25, -0.2) is 4.79 Å². The van der Waals surface area contributed by atoms with Crippen LogP contribution in [0.1, 0.15) is 30.1 Å². The fourth-order valence-corrected chi connectivity index (χ4v) is 2.05. The molecule has 0 bridgehead atoms. The molecule has 0 aliphatic rings. The summed E-state index contributed by atoms with van der Waals surface area (Å²) in [6, 6.07) is 4.80. The van der Waals surface area contributed by atoms with Crippen LogP contribution in [0, 0.1) is 11.3 Å². The second-order valence-electron chi connectivity index (χ2n) is 5.17. The number of nitriles is 1. The van der Waals surface area contributed by atoms with E-state index in [0.29, 0.717) is 23.7 Å². The van der Waals surface area contributed by atoms with Gasteiger partial charge >= 0.3 is 5.97 Å². The summed E-state index contributed by atoms with van der Waals surface area (Å²) >= 11 is 0. The summed E-state index contributed by atoms with van der Waals surface area (Å²) in [5.74, 6) is -0.372. The Hall–Kier alpha value is -3.21. The van der Waals surface area contributed by atoms with Gasteiger partial charge in [0.1, 0.15) is 11.6 Å². The van der Waals surface area contributed by atoms with Gasteiger partial charge in [0, 0.05) is 24.9 Å². The highest BCUT2D eigenvalue weighted by Crippen LogP contribution is 2.33. The van der Waals surface area contributed by atoms with Gasteiger partial charge in [-0.3, -0.25) is 4.79 Å². The molecular weight excluding hydrogens is 338 g/mol. The van der Waals surface area contributed by atoms with E-state index in [-0.39, 0.29) is 11.1 Å². The summed E-state index contributed by atoms with van der Waals surface area (Å²) in [7, 11) is 4.15. The highest BCUT2D eigenvalue weighted by molar-refractivity contribution is 5.99. The largest absolute Gasteiger partial charge is 0.493 e. The molecule has 0 aliphatic carbocycles. The maximum Gasteiger partial charge on any atom is 0.340 e. The van der Waals surface area contributed by atoms with Gasteiger partial charge in [-0.1, -0.05) is 13.3 Å². The molecule has 0 aromatic heterocycles. The molecule has 1 aromatic rings. The lowest BCUT2D eigenvalue weighted by molar-refractivity contribution is -0.117. The topological polar surface area (TPSA) is 110 Å². The molecule has 8 heteroatoms. The Morgan fingerprint density at radius 2 is 1.85 bits per heavy atom. The average Bonchev–Trinajstić information content (AvgIpc) is 2.67. The van der Waals surface area contributed by atoms with Crippen molar-refractivity contribution in [3.63, 3.8) is 0 Å². The van der Waals surface area contributed by atoms with E-state index in [9.17, 15) is 14.9 Å². The summed E-state index contributed by atoms with van der Waals surface area (Å²) in [4.78, 5) is 24.0. The van der Waals surface area contributed by atoms with Crippen LogP contribution in [0.2, 0.25) is 0 Å². The summed E-state index contributed by atoms with van der Waals surface area (Å²) in [6.45, 7) is 2.48. The molecule has 0 saturated heterocycles. The average molecular weight is 361 g/mol. The van der Waals surface area contributed by atoms with Crippen molar-refractivity contribution < 1.29 is 23.8 Å². The molecule has 1 amide bonds. The third-order valence-electron chi connectivity index (χ3n) is 3.48. The molecule has 8 nitrogen and oxygen atoms in total. The molecule has 2 N–H and O–H groups in total. The highest BCUT2D eigenvalue weighted by Gasteiger charge is 2.17. The lowest BCUT2D eigenvalue weighted by atomic mass is 10.1. The number of carbonyl (C=O) groups excluding carboxylic acids is 2. The van der Waals surface area contributed by atoms with Gasteiger partial charge in [0.25, 0.3) is 5.91 Å². The van der Waals surface area contributed by atoms with E-state index < -0.39 is 11.9 Å². The summed E-state index contributed by atoms with van der Waals surface area (Å²) in [6.07, 6.45) is 2.98. The minimum Gasteiger partial charge on any atom is -0.493 e. The molecule has 0 heterocycles. The Morgan fingerprint density at radius 1 is 1.19 bits per heavy atom. The van der Waals surface area contributed by atoms with Crippen molar-refractivity contribution in [2.24, 2.45) is 0 Å². The Balaban J connectivity index is 3.14. The number of anilines is 1. The Labute approximate surface area is 152 Å². The van der Waals surface area contributed by atoms with Gasteiger partial charge in [0.05, 0.1) is 32.6 Å². The number of benzene rings is 1. The maximum atomic E-state index is 12.0. The van der Waals surface area contributed by atoms with Crippen LogP contribution in [0.3, 0.4) is 0 Å². The molecule has 26 heavy (non-hydrogen) atoms. The molecule has 0 saturated carbocycles. The number of hydrogen-bond donors (Lipinski definition) is 2. The van der Waals surface area contributed by atoms with Crippen molar-refractivity contribution in [3.05, 3.63) is 29.5 Å². The first kappa shape index (κ1) is 20.8. The maximum absolute atomic E-state index is 12.0. The molecule has 0 spiro atoms. The number of carbonyl (C=O) groups is 2. The molecule has 140 valence electrons. The number of esters is 1. The van der Waals surface area contributed by atoms with Gasteiger partial charge in [-0.15, -0.1) is 0 Å². The first-order chi connectivity index (χ1) is 12.5. The van der Waals surface area contributed by atoms with Crippen LogP contribution < -0.4 is 20.1 Å². The zero-order valence-corrected chi connectivity index (χ0v) is 15.3. The normalized spacial score (nSPS) is 10.5. The lowest BCUT2D eigenvalue weighted by Gasteiger charge is -2.14. The van der Waals surface area contributed by atoms with Crippen LogP contribution >= 0.6 is 0 Å². The van der Waals surface area contributed by atoms with Crippen molar-refractivity contribution in [2.45, 2.75) is 19.8 Å². The van der Waals surface area contributed by atoms with Gasteiger partial charge in [-0.05, 0) is 6.42 Å². The summed E-state index contributed by atoms with van der Waals surface area (Å²) in [5, 5.41) is 14.6. The molecule has 0 unspecified atom stereocenters. The Bertz CT molecular complexity index is 722. The van der Waals surface area contributed by atoms with Crippen LogP contribution in [0.5, 0.6) is 11.5 Å². The third kappa shape index (κ3) is 5.41. The molecular formula is C18H23N3O5. The van der Waals surface area contributed by atoms with Crippen molar-refractivity contribution in [1.29, 1.82) is 5.26 Å². The minimum absolute atomic E-state index is 0.119. The summed E-state index contributed by atoms with van der Waals surface area (Å²) < 4.78 is 15.1. The van der Waals surface area contributed by atoms with Gasteiger partial charge in [0.2, 0.25) is 0 Å². The standard InChI is InChI=1S/C18H23N3O5/c1-5-6-7-20-17(22)12(10-19)11-21-14-9-16(25-3)15(24-2)8-13(14)18(23)26-4/h8-9,11,21H,5-7H2,1-4H3,(H,20,22)/b12-11+.